The Hall–Kier alpha value is -1.39. The topological polar surface area (TPSA) is 63.7 Å². The molecule has 1 unspecified atom stereocenters. The van der Waals surface area contributed by atoms with Gasteiger partial charge in [0.15, 0.2) is 5.78 Å². The maximum absolute atomic E-state index is 11.5. The van der Waals surface area contributed by atoms with Gasteiger partial charge in [0, 0.05) is 6.54 Å². The van der Waals surface area contributed by atoms with Crippen molar-refractivity contribution in [3.8, 4) is 0 Å². The number of aldehydes is 1. The van der Waals surface area contributed by atoms with Crippen molar-refractivity contribution in [2.24, 2.45) is 5.92 Å². The molecular formula is C10H15NO4. The molecule has 0 aliphatic carbocycles. The highest BCUT2D eigenvalue weighted by Crippen LogP contribution is 2.15. The second kappa shape index (κ2) is 4.00. The molecular weight excluding hydrogens is 198 g/mol. The number of likely N-dealkylation sites (tertiary alicyclic amines) is 1. The number of ether oxygens (including phenoxy) is 1. The highest BCUT2D eigenvalue weighted by molar-refractivity contribution is 5.98. The lowest BCUT2D eigenvalue weighted by Crippen LogP contribution is -2.35. The Morgan fingerprint density at radius 1 is 1.53 bits per heavy atom. The first-order valence-corrected chi connectivity index (χ1v) is 4.79. The highest BCUT2D eigenvalue weighted by atomic mass is 16.6. The van der Waals surface area contributed by atoms with E-state index < -0.39 is 17.6 Å². The molecule has 5 nitrogen and oxygen atoms in total. The quantitative estimate of drug-likeness (QED) is 0.473. The molecule has 1 heterocycles. The number of amides is 1. The summed E-state index contributed by atoms with van der Waals surface area (Å²) in [7, 11) is 0. The molecule has 1 saturated heterocycles. The molecule has 0 aromatic rings. The summed E-state index contributed by atoms with van der Waals surface area (Å²) in [6, 6.07) is 0. The minimum absolute atomic E-state index is 0.0294. The Labute approximate surface area is 88.4 Å². The van der Waals surface area contributed by atoms with Gasteiger partial charge in [-0.3, -0.25) is 9.69 Å². The lowest BCUT2D eigenvalue weighted by molar-refractivity contribution is -0.124. The zero-order valence-corrected chi connectivity index (χ0v) is 9.15. The van der Waals surface area contributed by atoms with Gasteiger partial charge in [0.2, 0.25) is 0 Å². The number of ketones is 1. The molecule has 0 spiro atoms. The van der Waals surface area contributed by atoms with E-state index >= 15 is 0 Å². The molecule has 1 aliphatic rings. The fourth-order valence-corrected chi connectivity index (χ4v) is 1.29. The predicted molar refractivity (Wildman–Crippen MR) is 52.4 cm³/mol. The molecule has 1 atom stereocenters. The van der Waals surface area contributed by atoms with Crippen LogP contribution in [0.15, 0.2) is 0 Å². The summed E-state index contributed by atoms with van der Waals surface area (Å²) in [5, 5.41) is 0. The lowest BCUT2D eigenvalue weighted by Gasteiger charge is -2.23. The Morgan fingerprint density at radius 3 is 2.53 bits per heavy atom. The molecule has 1 rings (SSSR count). The fraction of sp³-hybridized carbons (Fsp3) is 0.700. The average Bonchev–Trinajstić information content (AvgIpc) is 2.43. The summed E-state index contributed by atoms with van der Waals surface area (Å²) >= 11 is 0. The van der Waals surface area contributed by atoms with Gasteiger partial charge in [-0.15, -0.1) is 0 Å². The number of Topliss-reactive ketones (excluding diaryl/α,β-unsaturated/α-hetero) is 1. The van der Waals surface area contributed by atoms with E-state index in [1.165, 1.54) is 4.90 Å². The second-order valence-electron chi connectivity index (χ2n) is 4.57. The van der Waals surface area contributed by atoms with Crippen molar-refractivity contribution in [2.75, 3.05) is 13.1 Å². The Balaban J connectivity index is 2.57. The monoisotopic (exact) mass is 213 g/mol. The molecule has 0 aromatic heterocycles. The van der Waals surface area contributed by atoms with Gasteiger partial charge in [0.25, 0.3) is 0 Å². The third-order valence-corrected chi connectivity index (χ3v) is 1.99. The highest BCUT2D eigenvalue weighted by Gasteiger charge is 2.35. The Morgan fingerprint density at radius 2 is 2.13 bits per heavy atom. The zero-order valence-electron chi connectivity index (χ0n) is 9.15. The standard InChI is InChI=1S/C10H15NO4/c1-10(2,3)15-9(14)11-4-7(6-12)8(13)5-11/h6-7H,4-5H2,1-3H3. The van der Waals surface area contributed by atoms with Gasteiger partial charge >= 0.3 is 6.09 Å². The van der Waals surface area contributed by atoms with E-state index in [1.54, 1.807) is 20.8 Å². The predicted octanol–water partition coefficient (Wildman–Crippen LogP) is 0.621. The summed E-state index contributed by atoms with van der Waals surface area (Å²) in [5.41, 5.74) is -0.584. The van der Waals surface area contributed by atoms with Crippen molar-refractivity contribution in [3.63, 3.8) is 0 Å². The van der Waals surface area contributed by atoms with Gasteiger partial charge in [0.1, 0.15) is 11.9 Å². The number of rotatable bonds is 1. The van der Waals surface area contributed by atoms with E-state index in [4.69, 9.17) is 4.74 Å². The minimum atomic E-state index is -0.683. The van der Waals surface area contributed by atoms with Crippen LogP contribution < -0.4 is 0 Å². The van der Waals surface area contributed by atoms with Crippen LogP contribution in [0.1, 0.15) is 20.8 Å². The van der Waals surface area contributed by atoms with Gasteiger partial charge in [-0.05, 0) is 20.8 Å². The van der Waals surface area contributed by atoms with Crippen molar-refractivity contribution in [3.05, 3.63) is 0 Å². The van der Waals surface area contributed by atoms with E-state index in [2.05, 4.69) is 0 Å². The maximum atomic E-state index is 11.5. The fourth-order valence-electron chi connectivity index (χ4n) is 1.29. The Bertz CT molecular complexity index is 292. The molecule has 84 valence electrons. The SMILES string of the molecule is CC(C)(C)OC(=O)N1CC(=O)C(C=O)C1. The molecule has 0 saturated carbocycles. The van der Waals surface area contributed by atoms with Gasteiger partial charge in [-0.1, -0.05) is 0 Å². The number of nitrogens with zero attached hydrogens (tertiary/aromatic N) is 1. The smallest absolute Gasteiger partial charge is 0.410 e. The van der Waals surface area contributed by atoms with Crippen LogP contribution in [0.25, 0.3) is 0 Å². The summed E-state index contributed by atoms with van der Waals surface area (Å²) in [4.78, 5) is 34.4. The van der Waals surface area contributed by atoms with E-state index in [0.717, 1.165) is 0 Å². The van der Waals surface area contributed by atoms with Gasteiger partial charge in [-0.25, -0.2) is 4.79 Å². The molecule has 1 amide bonds. The molecule has 15 heavy (non-hydrogen) atoms. The van der Waals surface area contributed by atoms with Crippen molar-refractivity contribution in [1.82, 2.24) is 4.90 Å². The van der Waals surface area contributed by atoms with Crippen LogP contribution in [0, 0.1) is 5.92 Å². The van der Waals surface area contributed by atoms with Crippen LogP contribution in [-0.4, -0.2) is 41.8 Å². The van der Waals surface area contributed by atoms with Gasteiger partial charge < -0.3 is 9.53 Å². The van der Waals surface area contributed by atoms with Crippen LogP contribution in [0.5, 0.6) is 0 Å². The van der Waals surface area contributed by atoms with Crippen molar-refractivity contribution in [2.45, 2.75) is 26.4 Å². The van der Waals surface area contributed by atoms with Gasteiger partial charge in [-0.2, -0.15) is 0 Å². The molecule has 0 bridgehead atoms. The van der Waals surface area contributed by atoms with Crippen molar-refractivity contribution >= 4 is 18.2 Å². The Kier molecular flexibility index (Phi) is 3.12. The van der Waals surface area contributed by atoms with Crippen LogP contribution in [-0.2, 0) is 14.3 Å². The second-order valence-corrected chi connectivity index (χ2v) is 4.57. The van der Waals surface area contributed by atoms with Gasteiger partial charge in [0.05, 0.1) is 12.5 Å². The summed E-state index contributed by atoms with van der Waals surface area (Å²) in [6.07, 6.45) is 0.0346. The average molecular weight is 213 g/mol. The van der Waals surface area contributed by atoms with E-state index in [9.17, 15) is 14.4 Å². The maximum Gasteiger partial charge on any atom is 0.410 e. The van der Waals surface area contributed by atoms with Crippen molar-refractivity contribution in [1.29, 1.82) is 0 Å². The summed E-state index contributed by atoms with van der Waals surface area (Å²) in [6.45, 7) is 5.36. The first-order chi connectivity index (χ1) is 6.83. The molecule has 0 aromatic carbocycles. The largest absolute Gasteiger partial charge is 0.444 e. The molecule has 0 radical (unpaired) electrons. The lowest BCUT2D eigenvalue weighted by atomic mass is 10.1. The molecule has 1 aliphatic heterocycles. The van der Waals surface area contributed by atoms with Crippen LogP contribution in [0.3, 0.4) is 0 Å². The number of hydrogen-bond acceptors (Lipinski definition) is 4. The van der Waals surface area contributed by atoms with E-state index in [0.29, 0.717) is 6.29 Å². The molecule has 0 N–H and O–H groups in total. The minimum Gasteiger partial charge on any atom is -0.444 e. The number of hydrogen-bond donors (Lipinski definition) is 0. The van der Waals surface area contributed by atoms with E-state index in [1.807, 2.05) is 0 Å². The van der Waals surface area contributed by atoms with E-state index in [-0.39, 0.29) is 18.9 Å². The normalized spacial score (nSPS) is 21.7. The van der Waals surface area contributed by atoms with Crippen LogP contribution in [0.4, 0.5) is 4.79 Å². The number of carbonyl (C=O) groups excluding carboxylic acids is 3. The summed E-state index contributed by atoms with van der Waals surface area (Å²) < 4.78 is 5.08. The van der Waals surface area contributed by atoms with Crippen LogP contribution >= 0.6 is 0 Å². The number of carbonyl (C=O) groups is 3. The third-order valence-electron chi connectivity index (χ3n) is 1.99. The van der Waals surface area contributed by atoms with Crippen molar-refractivity contribution < 1.29 is 19.1 Å². The van der Waals surface area contributed by atoms with Crippen LogP contribution in [0.2, 0.25) is 0 Å². The summed E-state index contributed by atoms with van der Waals surface area (Å²) in [5.74, 6) is -0.909. The molecule has 5 heteroatoms. The first kappa shape index (κ1) is 11.7. The zero-order chi connectivity index (χ0) is 11.6. The third kappa shape index (κ3) is 3.04. The first-order valence-electron chi connectivity index (χ1n) is 4.79. The molecule has 1 fully saturated rings.